The maximum atomic E-state index is 6.18. The zero-order valence-corrected chi connectivity index (χ0v) is 10.9. The second-order valence-electron chi connectivity index (χ2n) is 4.17. The number of aryl methyl sites for hydroxylation is 1. The van der Waals surface area contributed by atoms with Crippen LogP contribution in [0.3, 0.4) is 0 Å². The third-order valence-electron chi connectivity index (χ3n) is 2.37. The number of benzene rings is 1. The summed E-state index contributed by atoms with van der Waals surface area (Å²) < 4.78 is 7.54. The summed E-state index contributed by atoms with van der Waals surface area (Å²) in [6, 6.07) is 5.72. The number of hydrogen-bond acceptors (Lipinski definition) is 2. The molecule has 17 heavy (non-hydrogen) atoms. The Balaban J connectivity index is 2.34. The van der Waals surface area contributed by atoms with Gasteiger partial charge in [0.05, 0.1) is 11.1 Å². The van der Waals surface area contributed by atoms with Crippen molar-refractivity contribution in [1.29, 1.82) is 0 Å². The van der Waals surface area contributed by atoms with Crippen molar-refractivity contribution in [2.75, 3.05) is 0 Å². The van der Waals surface area contributed by atoms with Crippen LogP contribution >= 0.6 is 11.6 Å². The quantitative estimate of drug-likeness (QED) is 0.833. The van der Waals surface area contributed by atoms with E-state index in [1.54, 1.807) is 6.20 Å². The van der Waals surface area contributed by atoms with Gasteiger partial charge in [0.15, 0.2) is 0 Å². The van der Waals surface area contributed by atoms with Gasteiger partial charge in [0, 0.05) is 25.0 Å². The first kappa shape index (κ1) is 12.0. The lowest BCUT2D eigenvalue weighted by Gasteiger charge is -2.12. The molecule has 0 atom stereocenters. The summed E-state index contributed by atoms with van der Waals surface area (Å²) in [5, 5.41) is 0.610. The minimum atomic E-state index is 0.117. The smallest absolute Gasteiger partial charge is 0.139 e. The van der Waals surface area contributed by atoms with Crippen LogP contribution in [0.4, 0.5) is 0 Å². The summed E-state index contributed by atoms with van der Waals surface area (Å²) in [5.74, 6) is 1.60. The van der Waals surface area contributed by atoms with Gasteiger partial charge < -0.3 is 9.30 Å². The fourth-order valence-corrected chi connectivity index (χ4v) is 1.86. The summed E-state index contributed by atoms with van der Waals surface area (Å²) in [7, 11) is 1.95. The molecule has 0 fully saturated rings. The molecule has 2 rings (SSSR count). The lowest BCUT2D eigenvalue weighted by molar-refractivity contribution is 0.242. The zero-order valence-electron chi connectivity index (χ0n) is 10.1. The van der Waals surface area contributed by atoms with Gasteiger partial charge >= 0.3 is 0 Å². The molecular weight excluding hydrogens is 236 g/mol. The fourth-order valence-electron chi connectivity index (χ4n) is 1.63. The third-order valence-corrected chi connectivity index (χ3v) is 2.67. The molecule has 3 nitrogen and oxygen atoms in total. The van der Waals surface area contributed by atoms with Gasteiger partial charge in [0.1, 0.15) is 11.6 Å². The second-order valence-corrected chi connectivity index (χ2v) is 4.58. The Kier molecular flexibility index (Phi) is 3.38. The lowest BCUT2D eigenvalue weighted by Crippen LogP contribution is -2.05. The molecular formula is C13H15ClN2O. The third kappa shape index (κ3) is 2.61. The van der Waals surface area contributed by atoms with E-state index in [-0.39, 0.29) is 6.10 Å². The minimum absolute atomic E-state index is 0.117. The van der Waals surface area contributed by atoms with Crippen LogP contribution in [-0.4, -0.2) is 15.7 Å². The first-order valence-corrected chi connectivity index (χ1v) is 5.89. The van der Waals surface area contributed by atoms with Crippen molar-refractivity contribution in [2.24, 2.45) is 7.05 Å². The van der Waals surface area contributed by atoms with Gasteiger partial charge in [-0.1, -0.05) is 11.6 Å². The van der Waals surface area contributed by atoms with E-state index in [2.05, 4.69) is 4.98 Å². The maximum absolute atomic E-state index is 6.18. The van der Waals surface area contributed by atoms with Gasteiger partial charge in [-0.3, -0.25) is 0 Å². The van der Waals surface area contributed by atoms with Crippen LogP contribution < -0.4 is 4.74 Å². The van der Waals surface area contributed by atoms with Crippen LogP contribution in [0.5, 0.6) is 5.75 Å². The van der Waals surface area contributed by atoms with Crippen LogP contribution in [-0.2, 0) is 7.05 Å². The van der Waals surface area contributed by atoms with Crippen LogP contribution in [0.2, 0.25) is 5.02 Å². The fraction of sp³-hybridized carbons (Fsp3) is 0.308. The molecule has 0 spiro atoms. The number of nitrogens with zero attached hydrogens (tertiary/aromatic N) is 2. The van der Waals surface area contributed by atoms with Gasteiger partial charge in [-0.05, 0) is 32.0 Å². The number of ether oxygens (including phenoxy) is 1. The van der Waals surface area contributed by atoms with Crippen molar-refractivity contribution in [2.45, 2.75) is 20.0 Å². The SMILES string of the molecule is CC(C)Oc1ccc(-c2nccn2C)cc1Cl. The molecule has 0 bridgehead atoms. The summed E-state index contributed by atoms with van der Waals surface area (Å²) in [5.41, 5.74) is 0.985. The van der Waals surface area contributed by atoms with Crippen molar-refractivity contribution in [3.05, 3.63) is 35.6 Å². The Bertz CT molecular complexity index is 520. The van der Waals surface area contributed by atoms with E-state index < -0.39 is 0 Å². The first-order valence-electron chi connectivity index (χ1n) is 5.52. The van der Waals surface area contributed by atoms with Crippen LogP contribution in [0.1, 0.15) is 13.8 Å². The maximum Gasteiger partial charge on any atom is 0.139 e. The monoisotopic (exact) mass is 250 g/mol. The standard InChI is InChI=1S/C13H15ClN2O/c1-9(2)17-12-5-4-10(8-11(12)14)13-15-6-7-16(13)3/h4-9H,1-3H3. The van der Waals surface area contributed by atoms with Gasteiger partial charge in [-0.2, -0.15) is 0 Å². The molecule has 1 aromatic heterocycles. The van der Waals surface area contributed by atoms with E-state index in [1.807, 2.05) is 49.9 Å². The molecule has 0 saturated carbocycles. The van der Waals surface area contributed by atoms with Gasteiger partial charge in [0.2, 0.25) is 0 Å². The van der Waals surface area contributed by atoms with Crippen molar-refractivity contribution < 1.29 is 4.74 Å². The van der Waals surface area contributed by atoms with Gasteiger partial charge in [-0.15, -0.1) is 0 Å². The summed E-state index contributed by atoms with van der Waals surface area (Å²) in [6.45, 7) is 3.95. The average molecular weight is 251 g/mol. The first-order chi connectivity index (χ1) is 8.08. The molecule has 0 saturated heterocycles. The molecule has 0 aliphatic rings. The van der Waals surface area contributed by atoms with Crippen LogP contribution in [0.25, 0.3) is 11.4 Å². The normalized spacial score (nSPS) is 10.9. The van der Waals surface area contributed by atoms with Crippen molar-refractivity contribution in [3.8, 4) is 17.1 Å². The second kappa shape index (κ2) is 4.80. The predicted octanol–water partition coefficient (Wildman–Crippen LogP) is 3.53. The highest BCUT2D eigenvalue weighted by atomic mass is 35.5. The molecule has 0 aliphatic carbocycles. The summed E-state index contributed by atoms with van der Waals surface area (Å²) in [4.78, 5) is 4.28. The molecule has 0 amide bonds. The number of hydrogen-bond donors (Lipinski definition) is 0. The van der Waals surface area contributed by atoms with Crippen LogP contribution in [0, 0.1) is 0 Å². The molecule has 1 heterocycles. The average Bonchev–Trinajstić information content (AvgIpc) is 2.67. The minimum Gasteiger partial charge on any atom is -0.489 e. The van der Waals surface area contributed by atoms with E-state index >= 15 is 0 Å². The molecule has 90 valence electrons. The Morgan fingerprint density at radius 2 is 2.12 bits per heavy atom. The molecule has 2 aromatic rings. The highest BCUT2D eigenvalue weighted by molar-refractivity contribution is 6.32. The van der Waals surface area contributed by atoms with E-state index in [1.165, 1.54) is 0 Å². The van der Waals surface area contributed by atoms with E-state index in [0.717, 1.165) is 11.4 Å². The molecule has 0 unspecified atom stereocenters. The topological polar surface area (TPSA) is 27.1 Å². The Morgan fingerprint density at radius 3 is 2.65 bits per heavy atom. The lowest BCUT2D eigenvalue weighted by atomic mass is 10.2. The van der Waals surface area contributed by atoms with E-state index in [4.69, 9.17) is 16.3 Å². The number of rotatable bonds is 3. The summed E-state index contributed by atoms with van der Waals surface area (Å²) >= 11 is 6.18. The van der Waals surface area contributed by atoms with Crippen molar-refractivity contribution in [1.82, 2.24) is 9.55 Å². The van der Waals surface area contributed by atoms with Crippen molar-refractivity contribution >= 4 is 11.6 Å². The molecule has 1 aromatic carbocycles. The molecule has 4 heteroatoms. The highest BCUT2D eigenvalue weighted by Crippen LogP contribution is 2.30. The van der Waals surface area contributed by atoms with Gasteiger partial charge in [0.25, 0.3) is 0 Å². The molecule has 0 N–H and O–H groups in total. The van der Waals surface area contributed by atoms with Gasteiger partial charge in [-0.25, -0.2) is 4.98 Å². The molecule has 0 radical (unpaired) electrons. The summed E-state index contributed by atoms with van der Waals surface area (Å²) in [6.07, 6.45) is 3.79. The zero-order chi connectivity index (χ0) is 12.4. The highest BCUT2D eigenvalue weighted by Gasteiger charge is 2.08. The predicted molar refractivity (Wildman–Crippen MR) is 69.4 cm³/mol. The Morgan fingerprint density at radius 1 is 1.35 bits per heavy atom. The largest absolute Gasteiger partial charge is 0.489 e. The van der Waals surface area contributed by atoms with E-state index in [0.29, 0.717) is 10.8 Å². The van der Waals surface area contributed by atoms with Crippen molar-refractivity contribution in [3.63, 3.8) is 0 Å². The Hall–Kier alpha value is -1.48. The van der Waals surface area contributed by atoms with E-state index in [9.17, 15) is 0 Å². The number of aromatic nitrogens is 2. The Labute approximate surface area is 106 Å². The number of imidazole rings is 1. The number of halogens is 1. The van der Waals surface area contributed by atoms with Crippen LogP contribution in [0.15, 0.2) is 30.6 Å². The molecule has 0 aliphatic heterocycles.